The Morgan fingerprint density at radius 2 is 2.04 bits per heavy atom. The van der Waals surface area contributed by atoms with Gasteiger partial charge in [0, 0.05) is 38.1 Å². The van der Waals surface area contributed by atoms with E-state index in [9.17, 15) is 4.79 Å². The molecule has 1 atom stereocenters. The zero-order chi connectivity index (χ0) is 19.2. The zero-order valence-electron chi connectivity index (χ0n) is 16.5. The number of amides is 1. The number of aromatic nitrogens is 2. The Kier molecular flexibility index (Phi) is 6.37. The Bertz CT molecular complexity index is 728. The van der Waals surface area contributed by atoms with Crippen LogP contribution in [0, 0.1) is 5.92 Å². The Hall–Kier alpha value is -2.21. The average Bonchev–Trinajstić information content (AvgIpc) is 3.29. The Morgan fingerprint density at radius 1 is 1.14 bits per heavy atom. The van der Waals surface area contributed by atoms with Crippen molar-refractivity contribution in [2.75, 3.05) is 19.6 Å². The Balaban J connectivity index is 1.44. The molecule has 1 aliphatic carbocycles. The monoisotopic (exact) mass is 382 g/mol. The number of hydrogen-bond acceptors (Lipinski definition) is 5. The highest BCUT2D eigenvalue weighted by molar-refractivity contribution is 5.91. The van der Waals surface area contributed by atoms with E-state index in [2.05, 4.69) is 14.9 Å². The summed E-state index contributed by atoms with van der Waals surface area (Å²) in [5.74, 6) is 0.721. The first kappa shape index (κ1) is 19.1. The van der Waals surface area contributed by atoms with E-state index in [4.69, 9.17) is 4.42 Å². The summed E-state index contributed by atoms with van der Waals surface area (Å²) in [6.45, 7) is 3.60. The maximum Gasteiger partial charge on any atom is 0.291 e. The molecule has 1 saturated heterocycles. The minimum atomic E-state index is -0.0869. The van der Waals surface area contributed by atoms with Crippen molar-refractivity contribution in [1.82, 2.24) is 19.8 Å². The number of rotatable bonds is 6. The molecule has 6 nitrogen and oxygen atoms in total. The van der Waals surface area contributed by atoms with E-state index in [-0.39, 0.29) is 5.91 Å². The number of nitrogens with zero attached hydrogens (tertiary/aromatic N) is 4. The van der Waals surface area contributed by atoms with Crippen molar-refractivity contribution in [3.63, 3.8) is 0 Å². The number of pyridine rings is 1. The first-order chi connectivity index (χ1) is 13.8. The van der Waals surface area contributed by atoms with E-state index in [0.29, 0.717) is 18.2 Å². The van der Waals surface area contributed by atoms with Crippen LogP contribution < -0.4 is 0 Å². The molecule has 0 aromatic carbocycles. The summed E-state index contributed by atoms with van der Waals surface area (Å²) >= 11 is 0. The Labute approximate surface area is 167 Å². The highest BCUT2D eigenvalue weighted by Crippen LogP contribution is 2.28. The normalized spacial score (nSPS) is 21.5. The van der Waals surface area contributed by atoms with Gasteiger partial charge < -0.3 is 14.2 Å². The van der Waals surface area contributed by atoms with Gasteiger partial charge in [-0.2, -0.15) is 0 Å². The molecule has 0 N–H and O–H groups in total. The Morgan fingerprint density at radius 3 is 2.79 bits per heavy atom. The molecule has 28 heavy (non-hydrogen) atoms. The fourth-order valence-electron chi connectivity index (χ4n) is 4.74. The minimum absolute atomic E-state index is 0.0869. The predicted octanol–water partition coefficient (Wildman–Crippen LogP) is 3.76. The summed E-state index contributed by atoms with van der Waals surface area (Å²) in [5.41, 5.74) is 1.04. The van der Waals surface area contributed by atoms with Gasteiger partial charge in [0.25, 0.3) is 5.91 Å². The molecule has 1 aliphatic heterocycles. The van der Waals surface area contributed by atoms with E-state index in [0.717, 1.165) is 24.7 Å². The molecule has 0 radical (unpaired) electrons. The van der Waals surface area contributed by atoms with Crippen molar-refractivity contribution in [2.24, 2.45) is 5.92 Å². The SMILES string of the molecule is O=C(c1cnco1)N(Cc1cccnc1)CC1CCCN(C2CCCCC2)C1. The molecule has 0 bridgehead atoms. The van der Waals surface area contributed by atoms with E-state index in [1.807, 2.05) is 23.2 Å². The van der Waals surface area contributed by atoms with Crippen molar-refractivity contribution in [3.8, 4) is 0 Å². The van der Waals surface area contributed by atoms with Gasteiger partial charge in [-0.25, -0.2) is 4.98 Å². The highest BCUT2D eigenvalue weighted by atomic mass is 16.3. The summed E-state index contributed by atoms with van der Waals surface area (Å²) in [4.78, 5) is 25.7. The van der Waals surface area contributed by atoms with Crippen molar-refractivity contribution >= 4 is 5.91 Å². The number of piperidine rings is 1. The molecular weight excluding hydrogens is 352 g/mol. The molecule has 1 unspecified atom stereocenters. The van der Waals surface area contributed by atoms with Crippen molar-refractivity contribution in [3.05, 3.63) is 48.4 Å². The summed E-state index contributed by atoms with van der Waals surface area (Å²) < 4.78 is 5.29. The number of oxazole rings is 1. The maximum atomic E-state index is 13.0. The average molecular weight is 383 g/mol. The van der Waals surface area contributed by atoms with Crippen LogP contribution in [-0.4, -0.2) is 51.4 Å². The van der Waals surface area contributed by atoms with Crippen LogP contribution in [0.1, 0.15) is 61.1 Å². The third-order valence-electron chi connectivity index (χ3n) is 6.15. The summed E-state index contributed by atoms with van der Waals surface area (Å²) in [5, 5.41) is 0. The van der Waals surface area contributed by atoms with Gasteiger partial charge in [-0.05, 0) is 49.8 Å². The van der Waals surface area contributed by atoms with E-state index in [1.54, 1.807) is 6.20 Å². The van der Waals surface area contributed by atoms with Gasteiger partial charge >= 0.3 is 0 Å². The van der Waals surface area contributed by atoms with Crippen LogP contribution in [0.2, 0.25) is 0 Å². The molecule has 1 amide bonds. The molecule has 2 aromatic heterocycles. The topological polar surface area (TPSA) is 62.5 Å². The molecule has 3 heterocycles. The molecule has 2 aliphatic rings. The minimum Gasteiger partial charge on any atom is -0.438 e. The van der Waals surface area contributed by atoms with Gasteiger partial charge in [-0.3, -0.25) is 9.78 Å². The van der Waals surface area contributed by atoms with Gasteiger partial charge in [0.15, 0.2) is 6.39 Å². The van der Waals surface area contributed by atoms with Crippen LogP contribution in [0.4, 0.5) is 0 Å². The fourth-order valence-corrected chi connectivity index (χ4v) is 4.74. The van der Waals surface area contributed by atoms with Crippen LogP contribution in [0.25, 0.3) is 0 Å². The van der Waals surface area contributed by atoms with Gasteiger partial charge in [0.2, 0.25) is 5.76 Å². The number of likely N-dealkylation sites (tertiary alicyclic amines) is 1. The lowest BCUT2D eigenvalue weighted by Gasteiger charge is -2.41. The van der Waals surface area contributed by atoms with Crippen LogP contribution in [0.3, 0.4) is 0 Å². The largest absolute Gasteiger partial charge is 0.438 e. The zero-order valence-corrected chi connectivity index (χ0v) is 16.5. The quantitative estimate of drug-likeness (QED) is 0.761. The lowest BCUT2D eigenvalue weighted by Crippen LogP contribution is -2.47. The second-order valence-electron chi connectivity index (χ2n) is 8.21. The molecule has 2 fully saturated rings. The van der Waals surface area contributed by atoms with Crippen LogP contribution >= 0.6 is 0 Å². The van der Waals surface area contributed by atoms with Crippen LogP contribution in [0.15, 0.2) is 41.5 Å². The van der Waals surface area contributed by atoms with Gasteiger partial charge in [0.1, 0.15) is 0 Å². The second kappa shape index (κ2) is 9.32. The van der Waals surface area contributed by atoms with Crippen molar-refractivity contribution in [1.29, 1.82) is 0 Å². The summed E-state index contributed by atoms with van der Waals surface area (Å²) in [7, 11) is 0. The highest BCUT2D eigenvalue weighted by Gasteiger charge is 2.30. The van der Waals surface area contributed by atoms with E-state index in [1.165, 1.54) is 64.1 Å². The smallest absolute Gasteiger partial charge is 0.291 e. The molecule has 6 heteroatoms. The first-order valence-electron chi connectivity index (χ1n) is 10.6. The standard InChI is InChI=1S/C22H30N4O2/c27-22(21-13-24-17-28-21)26(14-18-6-4-10-23-12-18)16-19-7-5-11-25(15-19)20-8-2-1-3-9-20/h4,6,10,12-13,17,19-20H,1-3,5,7-9,11,14-16H2. The second-order valence-corrected chi connectivity index (χ2v) is 8.21. The molecule has 1 saturated carbocycles. The molecular formula is C22H30N4O2. The summed E-state index contributed by atoms with van der Waals surface area (Å²) in [6.07, 6.45) is 15.6. The maximum absolute atomic E-state index is 13.0. The van der Waals surface area contributed by atoms with Crippen molar-refractivity contribution in [2.45, 2.75) is 57.5 Å². The van der Waals surface area contributed by atoms with Gasteiger partial charge in [0.05, 0.1) is 6.20 Å². The fraction of sp³-hybridized carbons (Fsp3) is 0.591. The molecule has 150 valence electrons. The van der Waals surface area contributed by atoms with E-state index >= 15 is 0 Å². The predicted molar refractivity (Wildman–Crippen MR) is 107 cm³/mol. The number of hydrogen-bond donors (Lipinski definition) is 0. The number of carbonyl (C=O) groups excluding carboxylic acids is 1. The molecule has 2 aromatic rings. The van der Waals surface area contributed by atoms with Crippen molar-refractivity contribution < 1.29 is 9.21 Å². The van der Waals surface area contributed by atoms with Gasteiger partial charge in [-0.15, -0.1) is 0 Å². The van der Waals surface area contributed by atoms with Gasteiger partial charge in [-0.1, -0.05) is 25.3 Å². The molecule has 0 spiro atoms. The third kappa shape index (κ3) is 4.79. The van der Waals surface area contributed by atoms with Crippen LogP contribution in [-0.2, 0) is 6.54 Å². The first-order valence-corrected chi connectivity index (χ1v) is 10.6. The lowest BCUT2D eigenvalue weighted by molar-refractivity contribution is 0.0559. The van der Waals surface area contributed by atoms with Crippen LogP contribution in [0.5, 0.6) is 0 Å². The third-order valence-corrected chi connectivity index (χ3v) is 6.15. The molecule has 4 rings (SSSR count). The lowest BCUT2D eigenvalue weighted by atomic mass is 9.90. The number of carbonyl (C=O) groups is 1. The summed E-state index contributed by atoms with van der Waals surface area (Å²) in [6, 6.07) is 4.68. The van der Waals surface area contributed by atoms with E-state index < -0.39 is 0 Å².